The molecular formula is C33H43NO6. The first kappa shape index (κ1) is 32.3. The van der Waals surface area contributed by atoms with Gasteiger partial charge in [-0.05, 0) is 67.3 Å². The summed E-state index contributed by atoms with van der Waals surface area (Å²) >= 11 is 0. The van der Waals surface area contributed by atoms with E-state index in [1.807, 2.05) is 30.3 Å². The molecule has 7 heteroatoms. The van der Waals surface area contributed by atoms with Gasteiger partial charge in [0.25, 0.3) is 0 Å². The number of allylic oxidation sites excluding steroid dienone is 1. The molecule has 0 aliphatic carbocycles. The molecule has 0 unspecified atom stereocenters. The molecule has 0 amide bonds. The molecule has 0 aliphatic heterocycles. The molecule has 0 saturated carbocycles. The SMILES string of the molecule is C=C(C)C(=O)OCCCCCCCCCCCOc1ccc(/C=C(\C#N)c2ccc(OC)c(OC)c2)cc1OC. The predicted molar refractivity (Wildman–Crippen MR) is 159 cm³/mol. The second-order valence-corrected chi connectivity index (χ2v) is 9.60. The Morgan fingerprint density at radius 2 is 1.32 bits per heavy atom. The minimum absolute atomic E-state index is 0.298. The van der Waals surface area contributed by atoms with E-state index in [0.717, 1.165) is 36.8 Å². The lowest BCUT2D eigenvalue weighted by Gasteiger charge is -2.12. The van der Waals surface area contributed by atoms with Crippen molar-refractivity contribution in [1.82, 2.24) is 0 Å². The van der Waals surface area contributed by atoms with Crippen molar-refractivity contribution in [2.75, 3.05) is 34.5 Å². The number of carbonyl (C=O) groups is 1. The molecule has 2 aromatic carbocycles. The van der Waals surface area contributed by atoms with Crippen LogP contribution in [0.3, 0.4) is 0 Å². The minimum atomic E-state index is -0.298. The van der Waals surface area contributed by atoms with E-state index in [2.05, 4.69) is 12.6 Å². The summed E-state index contributed by atoms with van der Waals surface area (Å²) in [7, 11) is 4.76. The monoisotopic (exact) mass is 549 g/mol. The molecule has 0 heterocycles. The van der Waals surface area contributed by atoms with Crippen LogP contribution < -0.4 is 18.9 Å². The molecule has 0 radical (unpaired) electrons. The number of ether oxygens (including phenoxy) is 5. The molecule has 0 fully saturated rings. The average molecular weight is 550 g/mol. The van der Waals surface area contributed by atoms with Gasteiger partial charge >= 0.3 is 5.97 Å². The van der Waals surface area contributed by atoms with Crippen LogP contribution in [-0.2, 0) is 9.53 Å². The van der Waals surface area contributed by atoms with Gasteiger partial charge in [-0.3, -0.25) is 0 Å². The third kappa shape index (κ3) is 11.1. The van der Waals surface area contributed by atoms with E-state index in [4.69, 9.17) is 23.7 Å². The van der Waals surface area contributed by atoms with Gasteiger partial charge in [-0.25, -0.2) is 4.79 Å². The Labute approximate surface area is 239 Å². The van der Waals surface area contributed by atoms with Crippen LogP contribution in [0.15, 0.2) is 48.6 Å². The molecule has 2 rings (SSSR count). The molecular weight excluding hydrogens is 506 g/mol. The van der Waals surface area contributed by atoms with Gasteiger partial charge in [-0.2, -0.15) is 5.26 Å². The van der Waals surface area contributed by atoms with E-state index in [1.165, 1.54) is 32.1 Å². The highest BCUT2D eigenvalue weighted by Crippen LogP contribution is 2.33. The second kappa shape index (κ2) is 18.4. The molecule has 0 spiro atoms. The first-order valence-electron chi connectivity index (χ1n) is 13.9. The third-order valence-corrected chi connectivity index (χ3v) is 6.44. The number of carbonyl (C=O) groups excluding carboxylic acids is 1. The van der Waals surface area contributed by atoms with Crippen molar-refractivity contribution in [2.24, 2.45) is 0 Å². The van der Waals surface area contributed by atoms with Crippen molar-refractivity contribution in [2.45, 2.75) is 64.7 Å². The van der Waals surface area contributed by atoms with Crippen LogP contribution in [0, 0.1) is 11.3 Å². The normalized spacial score (nSPS) is 10.9. The summed E-state index contributed by atoms with van der Waals surface area (Å²) in [6.45, 7) is 6.36. The van der Waals surface area contributed by atoms with E-state index >= 15 is 0 Å². The zero-order valence-electron chi connectivity index (χ0n) is 24.4. The Morgan fingerprint density at radius 1 is 0.775 bits per heavy atom. The molecule has 0 aliphatic rings. The van der Waals surface area contributed by atoms with E-state index < -0.39 is 0 Å². The van der Waals surface area contributed by atoms with Gasteiger partial charge in [0.2, 0.25) is 0 Å². The van der Waals surface area contributed by atoms with E-state index in [1.54, 1.807) is 40.4 Å². The maximum Gasteiger partial charge on any atom is 0.333 e. The number of unbranched alkanes of at least 4 members (excludes halogenated alkanes) is 8. The van der Waals surface area contributed by atoms with Crippen LogP contribution in [0.2, 0.25) is 0 Å². The maximum absolute atomic E-state index is 11.3. The summed E-state index contributed by atoms with van der Waals surface area (Å²) in [6.07, 6.45) is 11.9. The highest BCUT2D eigenvalue weighted by molar-refractivity contribution is 5.90. The summed E-state index contributed by atoms with van der Waals surface area (Å²) < 4.78 is 27.3. The lowest BCUT2D eigenvalue weighted by Crippen LogP contribution is -2.05. The van der Waals surface area contributed by atoms with Crippen LogP contribution >= 0.6 is 0 Å². The zero-order valence-corrected chi connectivity index (χ0v) is 24.4. The van der Waals surface area contributed by atoms with Gasteiger partial charge in [0, 0.05) is 5.57 Å². The Balaban J connectivity index is 1.72. The van der Waals surface area contributed by atoms with Crippen LogP contribution in [0.1, 0.15) is 75.8 Å². The quantitative estimate of drug-likeness (QED) is 0.0581. The fourth-order valence-corrected chi connectivity index (χ4v) is 4.16. The highest BCUT2D eigenvalue weighted by Gasteiger charge is 2.10. The third-order valence-electron chi connectivity index (χ3n) is 6.44. The van der Waals surface area contributed by atoms with Crippen LogP contribution in [0.5, 0.6) is 23.0 Å². The van der Waals surface area contributed by atoms with Gasteiger partial charge in [-0.1, -0.05) is 57.6 Å². The fraction of sp³-hybridized carbons (Fsp3) is 0.455. The molecule has 0 saturated heterocycles. The molecule has 0 bridgehead atoms. The summed E-state index contributed by atoms with van der Waals surface area (Å²) in [5.74, 6) is 2.21. The van der Waals surface area contributed by atoms with Crippen molar-refractivity contribution in [3.63, 3.8) is 0 Å². The van der Waals surface area contributed by atoms with Gasteiger partial charge in [-0.15, -0.1) is 0 Å². The Hall–Kier alpha value is -3.92. The minimum Gasteiger partial charge on any atom is -0.493 e. The van der Waals surface area contributed by atoms with E-state index in [9.17, 15) is 10.1 Å². The van der Waals surface area contributed by atoms with E-state index in [0.29, 0.717) is 47.4 Å². The number of benzene rings is 2. The lowest BCUT2D eigenvalue weighted by molar-refractivity contribution is -0.139. The van der Waals surface area contributed by atoms with E-state index in [-0.39, 0.29) is 5.97 Å². The Bertz CT molecular complexity index is 1160. The van der Waals surface area contributed by atoms with Crippen molar-refractivity contribution in [1.29, 1.82) is 5.26 Å². The number of esters is 1. The van der Waals surface area contributed by atoms with Crippen LogP contribution in [0.25, 0.3) is 11.6 Å². The first-order valence-corrected chi connectivity index (χ1v) is 13.9. The molecule has 216 valence electrons. The average Bonchev–Trinajstić information content (AvgIpc) is 2.97. The number of nitrogens with zero attached hydrogens (tertiary/aromatic N) is 1. The molecule has 0 N–H and O–H groups in total. The smallest absolute Gasteiger partial charge is 0.333 e. The van der Waals surface area contributed by atoms with Crippen molar-refractivity contribution in [3.05, 3.63) is 59.7 Å². The van der Waals surface area contributed by atoms with Crippen molar-refractivity contribution < 1.29 is 28.5 Å². The van der Waals surface area contributed by atoms with Gasteiger partial charge in [0.1, 0.15) is 0 Å². The largest absolute Gasteiger partial charge is 0.493 e. The zero-order chi connectivity index (χ0) is 29.2. The molecule has 0 aromatic heterocycles. The number of nitriles is 1. The van der Waals surface area contributed by atoms with Crippen molar-refractivity contribution in [3.8, 4) is 29.1 Å². The summed E-state index contributed by atoms with van der Waals surface area (Å²) in [6, 6.07) is 13.3. The Morgan fingerprint density at radius 3 is 1.90 bits per heavy atom. The second-order valence-electron chi connectivity index (χ2n) is 9.60. The molecule has 0 atom stereocenters. The number of rotatable bonds is 19. The number of hydrogen-bond donors (Lipinski definition) is 0. The topological polar surface area (TPSA) is 87.0 Å². The van der Waals surface area contributed by atoms with Gasteiger partial charge < -0.3 is 23.7 Å². The predicted octanol–water partition coefficient (Wildman–Crippen LogP) is 7.79. The summed E-state index contributed by atoms with van der Waals surface area (Å²) in [5.41, 5.74) is 2.53. The first-order chi connectivity index (χ1) is 19.4. The highest BCUT2D eigenvalue weighted by atomic mass is 16.5. The summed E-state index contributed by atoms with van der Waals surface area (Å²) in [4.78, 5) is 11.3. The standard InChI is InChI=1S/C33H43NO6/c1-25(2)33(35)40-20-14-12-10-8-6-7-9-11-13-19-39-30-17-15-26(22-31(30)37-4)21-28(24-34)27-16-18-29(36-3)32(23-27)38-5/h15-18,21-23H,1,6-14,19-20H2,2-5H3/b28-21+. The maximum atomic E-state index is 11.3. The van der Waals surface area contributed by atoms with Gasteiger partial charge in [0.05, 0.1) is 46.2 Å². The molecule has 2 aromatic rings. The van der Waals surface area contributed by atoms with Crippen molar-refractivity contribution >= 4 is 17.6 Å². The summed E-state index contributed by atoms with van der Waals surface area (Å²) in [5, 5.41) is 9.76. The Kier molecular flexibility index (Phi) is 14.8. The van der Waals surface area contributed by atoms with Crippen LogP contribution in [-0.4, -0.2) is 40.5 Å². The molecule has 40 heavy (non-hydrogen) atoms. The molecule has 7 nitrogen and oxygen atoms in total. The number of methoxy groups -OCH3 is 3. The van der Waals surface area contributed by atoms with Gasteiger partial charge in [0.15, 0.2) is 23.0 Å². The van der Waals surface area contributed by atoms with Crippen LogP contribution in [0.4, 0.5) is 0 Å². The fourth-order valence-electron chi connectivity index (χ4n) is 4.16. The number of hydrogen-bond acceptors (Lipinski definition) is 7. The lowest BCUT2D eigenvalue weighted by atomic mass is 10.0.